The lowest BCUT2D eigenvalue weighted by Gasteiger charge is -2.33. The number of carbonyl (C=O) groups is 2. The van der Waals surface area contributed by atoms with E-state index in [1.807, 2.05) is 31.2 Å². The van der Waals surface area contributed by atoms with Crippen molar-refractivity contribution in [3.8, 4) is 5.75 Å². The highest BCUT2D eigenvalue weighted by molar-refractivity contribution is 5.90. The third-order valence-electron chi connectivity index (χ3n) is 6.08. The number of hydrogen-bond acceptors (Lipinski definition) is 6. The highest BCUT2D eigenvalue weighted by atomic mass is 16.5. The van der Waals surface area contributed by atoms with Gasteiger partial charge in [0.2, 0.25) is 0 Å². The van der Waals surface area contributed by atoms with Gasteiger partial charge in [-0.2, -0.15) is 0 Å². The second kappa shape index (κ2) is 8.12. The first-order valence-electron chi connectivity index (χ1n) is 10.6. The highest BCUT2D eigenvalue weighted by Crippen LogP contribution is 2.31. The van der Waals surface area contributed by atoms with Gasteiger partial charge in [-0.15, -0.1) is 0 Å². The van der Waals surface area contributed by atoms with Crippen LogP contribution in [0.2, 0.25) is 0 Å². The molecule has 0 radical (unpaired) electrons. The number of aryl methyl sites for hydroxylation is 1. The molecule has 0 spiro atoms. The monoisotopic (exact) mass is 446 g/mol. The molecule has 0 bridgehead atoms. The third-order valence-corrected chi connectivity index (χ3v) is 6.08. The predicted molar refractivity (Wildman–Crippen MR) is 121 cm³/mol. The van der Waals surface area contributed by atoms with Crippen molar-refractivity contribution in [3.63, 3.8) is 0 Å². The molecule has 1 N–H and O–H groups in total. The molecule has 4 aromatic rings. The van der Waals surface area contributed by atoms with E-state index >= 15 is 0 Å². The van der Waals surface area contributed by atoms with E-state index in [9.17, 15) is 14.4 Å². The van der Waals surface area contributed by atoms with Crippen molar-refractivity contribution >= 4 is 33.7 Å². The number of H-pyrrole nitrogens is 1. The van der Waals surface area contributed by atoms with Crippen molar-refractivity contribution in [1.82, 2.24) is 9.88 Å². The van der Waals surface area contributed by atoms with Crippen LogP contribution in [0.5, 0.6) is 5.75 Å². The quantitative estimate of drug-likeness (QED) is 0.382. The molecule has 2 aromatic heterocycles. The fraction of sp³-hybridized carbons (Fsp3) is 0.240. The molecule has 5 rings (SSSR count). The molecule has 168 valence electrons. The van der Waals surface area contributed by atoms with Crippen molar-refractivity contribution in [1.29, 1.82) is 0 Å². The molecular weight excluding hydrogens is 424 g/mol. The van der Waals surface area contributed by atoms with E-state index in [1.165, 1.54) is 18.1 Å². The summed E-state index contributed by atoms with van der Waals surface area (Å²) in [6.45, 7) is 1.80. The van der Waals surface area contributed by atoms with Gasteiger partial charge in [-0.1, -0.05) is 18.2 Å². The molecule has 33 heavy (non-hydrogen) atoms. The Morgan fingerprint density at radius 1 is 1.15 bits per heavy atom. The van der Waals surface area contributed by atoms with E-state index in [0.29, 0.717) is 17.8 Å². The van der Waals surface area contributed by atoms with Gasteiger partial charge in [0.25, 0.3) is 5.91 Å². The zero-order valence-corrected chi connectivity index (χ0v) is 18.2. The Morgan fingerprint density at radius 3 is 2.79 bits per heavy atom. The lowest BCUT2D eigenvalue weighted by Crippen LogP contribution is -2.50. The van der Waals surface area contributed by atoms with E-state index in [-0.39, 0.29) is 19.1 Å². The van der Waals surface area contributed by atoms with Crippen LogP contribution in [-0.4, -0.2) is 41.5 Å². The second-order valence-corrected chi connectivity index (χ2v) is 8.09. The van der Waals surface area contributed by atoms with Crippen molar-refractivity contribution in [2.75, 3.05) is 13.7 Å². The Kier molecular flexibility index (Phi) is 5.12. The molecule has 0 aliphatic carbocycles. The molecule has 2 aromatic carbocycles. The average molecular weight is 446 g/mol. The number of rotatable bonds is 4. The molecule has 8 heteroatoms. The first kappa shape index (κ1) is 20.8. The smallest absolute Gasteiger partial charge is 0.336 e. The van der Waals surface area contributed by atoms with Crippen LogP contribution in [0.4, 0.5) is 0 Å². The Balaban J connectivity index is 1.39. The minimum Gasteiger partial charge on any atom is -0.484 e. The topological polar surface area (TPSA) is 102 Å². The maximum atomic E-state index is 13.1. The summed E-state index contributed by atoms with van der Waals surface area (Å²) in [5.74, 6) is -0.426. The van der Waals surface area contributed by atoms with Gasteiger partial charge in [-0.3, -0.25) is 4.79 Å². The maximum absolute atomic E-state index is 13.1. The fourth-order valence-electron chi connectivity index (χ4n) is 4.44. The van der Waals surface area contributed by atoms with Gasteiger partial charge < -0.3 is 23.8 Å². The van der Waals surface area contributed by atoms with Crippen LogP contribution in [-0.2, 0) is 27.3 Å². The molecule has 1 amide bonds. The highest BCUT2D eigenvalue weighted by Gasteiger charge is 2.37. The summed E-state index contributed by atoms with van der Waals surface area (Å²) in [5, 5.41) is 1.83. The number of aromatic nitrogens is 1. The lowest BCUT2D eigenvalue weighted by molar-refractivity contribution is -0.154. The maximum Gasteiger partial charge on any atom is 0.336 e. The summed E-state index contributed by atoms with van der Waals surface area (Å²) in [5.41, 5.74) is 3.62. The van der Waals surface area contributed by atoms with E-state index in [4.69, 9.17) is 13.9 Å². The third kappa shape index (κ3) is 3.73. The van der Waals surface area contributed by atoms with Gasteiger partial charge in [0, 0.05) is 40.5 Å². The van der Waals surface area contributed by atoms with Gasteiger partial charge in [0.05, 0.1) is 13.7 Å². The number of carbonyl (C=O) groups excluding carboxylic acids is 2. The Labute approximate surface area is 188 Å². The molecule has 1 aliphatic rings. The normalized spacial score (nSPS) is 15.5. The number of hydrogen-bond donors (Lipinski definition) is 1. The van der Waals surface area contributed by atoms with Gasteiger partial charge >= 0.3 is 11.6 Å². The Morgan fingerprint density at radius 2 is 1.97 bits per heavy atom. The van der Waals surface area contributed by atoms with E-state index in [1.54, 1.807) is 18.2 Å². The summed E-state index contributed by atoms with van der Waals surface area (Å²) in [4.78, 5) is 42.1. The van der Waals surface area contributed by atoms with Crippen LogP contribution in [0.1, 0.15) is 16.8 Å². The number of para-hydroxylation sites is 1. The average Bonchev–Trinajstić information content (AvgIpc) is 3.18. The van der Waals surface area contributed by atoms with Crippen molar-refractivity contribution < 1.29 is 23.5 Å². The number of aromatic amines is 1. The fourth-order valence-corrected chi connectivity index (χ4v) is 4.44. The number of nitrogens with one attached hydrogen (secondary N) is 1. The van der Waals surface area contributed by atoms with Crippen LogP contribution in [0.25, 0.3) is 21.9 Å². The van der Waals surface area contributed by atoms with Crippen LogP contribution < -0.4 is 10.4 Å². The van der Waals surface area contributed by atoms with E-state index in [0.717, 1.165) is 33.1 Å². The molecule has 1 aliphatic heterocycles. The van der Waals surface area contributed by atoms with Crippen LogP contribution in [0.15, 0.2) is 57.7 Å². The molecule has 0 fully saturated rings. The number of ether oxygens (including phenoxy) is 2. The zero-order valence-electron chi connectivity index (χ0n) is 18.2. The van der Waals surface area contributed by atoms with E-state index in [2.05, 4.69) is 4.98 Å². The summed E-state index contributed by atoms with van der Waals surface area (Å²) in [6.07, 6.45) is 0.359. The summed E-state index contributed by atoms with van der Waals surface area (Å²) in [6, 6.07) is 13.6. The minimum atomic E-state index is -0.741. The molecule has 0 saturated carbocycles. The van der Waals surface area contributed by atoms with Crippen LogP contribution in [0.3, 0.4) is 0 Å². The van der Waals surface area contributed by atoms with E-state index < -0.39 is 17.6 Å². The number of esters is 1. The SMILES string of the molecule is COC(=O)C1Cc2c([nH]c3ccccc23)CN1C(=O)COc1ccc2c(C)cc(=O)oc2c1. The van der Waals surface area contributed by atoms with Gasteiger partial charge in [-0.25, -0.2) is 9.59 Å². The molecular formula is C25H22N2O6. The number of benzene rings is 2. The number of nitrogens with zero attached hydrogens (tertiary/aromatic N) is 1. The second-order valence-electron chi connectivity index (χ2n) is 8.09. The van der Waals surface area contributed by atoms with Crippen molar-refractivity contribution in [2.45, 2.75) is 25.9 Å². The summed E-state index contributed by atoms with van der Waals surface area (Å²) >= 11 is 0. The number of amides is 1. The number of fused-ring (bicyclic) bond motifs is 4. The summed E-state index contributed by atoms with van der Waals surface area (Å²) in [7, 11) is 1.32. The van der Waals surface area contributed by atoms with Gasteiger partial charge in [0.1, 0.15) is 17.4 Å². The first-order valence-corrected chi connectivity index (χ1v) is 10.6. The van der Waals surface area contributed by atoms with Crippen LogP contribution in [0, 0.1) is 6.92 Å². The number of methoxy groups -OCH3 is 1. The van der Waals surface area contributed by atoms with Gasteiger partial charge in [-0.05, 0) is 36.2 Å². The van der Waals surface area contributed by atoms with Crippen molar-refractivity contribution in [3.05, 3.63) is 75.8 Å². The molecule has 3 heterocycles. The lowest BCUT2D eigenvalue weighted by atomic mass is 9.96. The standard InChI is InChI=1S/C25H22N2O6/c1-14-9-24(29)33-22-10-15(7-8-16(14)22)32-13-23(28)27-12-20-18(11-21(27)25(30)31-2)17-5-3-4-6-19(17)26-20/h3-10,21,26H,11-13H2,1-2H3. The summed E-state index contributed by atoms with van der Waals surface area (Å²) < 4.78 is 15.9. The molecule has 1 atom stereocenters. The molecule has 8 nitrogen and oxygen atoms in total. The predicted octanol–water partition coefficient (Wildman–Crippen LogP) is 3.09. The van der Waals surface area contributed by atoms with Crippen LogP contribution >= 0.6 is 0 Å². The van der Waals surface area contributed by atoms with Crippen molar-refractivity contribution in [2.24, 2.45) is 0 Å². The first-order chi connectivity index (χ1) is 15.9. The minimum absolute atomic E-state index is 0.248. The Hall–Kier alpha value is -4.07. The largest absolute Gasteiger partial charge is 0.484 e. The Bertz CT molecular complexity index is 1450. The molecule has 1 unspecified atom stereocenters. The zero-order chi connectivity index (χ0) is 23.1. The van der Waals surface area contributed by atoms with Gasteiger partial charge in [0.15, 0.2) is 6.61 Å². The molecule has 0 saturated heterocycles.